The minimum absolute atomic E-state index is 0.383. The van der Waals surface area contributed by atoms with Crippen LogP contribution in [0.4, 0.5) is 23.4 Å². The van der Waals surface area contributed by atoms with Gasteiger partial charge in [-0.05, 0) is 30.7 Å². The monoisotopic (exact) mass is 354 g/mol. The molecule has 1 heterocycles. The quantitative estimate of drug-likeness (QED) is 0.488. The highest BCUT2D eigenvalue weighted by Crippen LogP contribution is 2.40. The van der Waals surface area contributed by atoms with Crippen LogP contribution in [0.2, 0.25) is 0 Å². The summed E-state index contributed by atoms with van der Waals surface area (Å²) in [6.07, 6.45) is -3.66. The van der Waals surface area contributed by atoms with Gasteiger partial charge in [-0.1, -0.05) is 12.1 Å². The fourth-order valence-corrected chi connectivity index (χ4v) is 2.17. The molecular formula is C16H14F4N4O. The maximum absolute atomic E-state index is 13.2. The van der Waals surface area contributed by atoms with Gasteiger partial charge in [0.2, 0.25) is 0 Å². The summed E-state index contributed by atoms with van der Waals surface area (Å²) in [5.41, 5.74) is -0.164. The largest absolute Gasteiger partial charge is 0.491 e. The first-order valence-electron chi connectivity index (χ1n) is 7.04. The standard InChI is InChI=1S/C16H14F4N4O/c1-15(8-21,10-2-4-11(17)5-3-10)9-25-12-6-7-23-14(24-22)13(12)16(18,19)20/h2-7H,9,22H2,1H3,(H,23,24). The Labute approximate surface area is 141 Å². The Bertz CT molecular complexity index is 786. The van der Waals surface area contributed by atoms with Crippen molar-refractivity contribution in [3.05, 3.63) is 53.5 Å². The van der Waals surface area contributed by atoms with Crippen LogP contribution in [0.25, 0.3) is 0 Å². The number of nitrogen functional groups attached to an aromatic ring is 1. The van der Waals surface area contributed by atoms with E-state index in [9.17, 15) is 22.8 Å². The minimum atomic E-state index is -4.76. The maximum Gasteiger partial charge on any atom is 0.423 e. The number of halogens is 4. The first kappa shape index (κ1) is 18.5. The number of pyridine rings is 1. The molecule has 5 nitrogen and oxygen atoms in total. The summed E-state index contributed by atoms with van der Waals surface area (Å²) >= 11 is 0. The van der Waals surface area contributed by atoms with Gasteiger partial charge in [-0.15, -0.1) is 0 Å². The van der Waals surface area contributed by atoms with Crippen molar-refractivity contribution in [1.82, 2.24) is 4.98 Å². The van der Waals surface area contributed by atoms with E-state index in [1.165, 1.54) is 19.1 Å². The average molecular weight is 354 g/mol. The van der Waals surface area contributed by atoms with Crippen molar-refractivity contribution in [3.63, 3.8) is 0 Å². The van der Waals surface area contributed by atoms with Crippen LogP contribution < -0.4 is 16.0 Å². The Morgan fingerprint density at radius 2 is 1.88 bits per heavy atom. The number of ether oxygens (including phenoxy) is 1. The minimum Gasteiger partial charge on any atom is -0.491 e. The van der Waals surface area contributed by atoms with Crippen LogP contribution in [-0.4, -0.2) is 11.6 Å². The Morgan fingerprint density at radius 3 is 2.40 bits per heavy atom. The Kier molecular flexibility index (Phi) is 5.13. The van der Waals surface area contributed by atoms with Crippen molar-refractivity contribution in [1.29, 1.82) is 5.26 Å². The fraction of sp³-hybridized carbons (Fsp3) is 0.250. The molecule has 1 aromatic heterocycles. The Hall–Kier alpha value is -2.86. The van der Waals surface area contributed by atoms with E-state index in [4.69, 9.17) is 10.6 Å². The number of hydrogen-bond acceptors (Lipinski definition) is 5. The van der Waals surface area contributed by atoms with Gasteiger partial charge in [-0.3, -0.25) is 0 Å². The molecule has 132 valence electrons. The average Bonchev–Trinajstić information content (AvgIpc) is 2.59. The van der Waals surface area contributed by atoms with Gasteiger partial charge >= 0.3 is 6.18 Å². The molecule has 0 aliphatic heterocycles. The molecule has 3 N–H and O–H groups in total. The highest BCUT2D eigenvalue weighted by atomic mass is 19.4. The zero-order valence-corrected chi connectivity index (χ0v) is 13.1. The van der Waals surface area contributed by atoms with Crippen LogP contribution in [0.3, 0.4) is 0 Å². The fourth-order valence-electron chi connectivity index (χ4n) is 2.17. The van der Waals surface area contributed by atoms with Crippen molar-refractivity contribution >= 4 is 5.82 Å². The van der Waals surface area contributed by atoms with Gasteiger partial charge in [0.25, 0.3) is 0 Å². The van der Waals surface area contributed by atoms with Gasteiger partial charge in [0.1, 0.15) is 29.2 Å². The number of nitrogens with zero attached hydrogens (tertiary/aromatic N) is 2. The number of nitrogens with one attached hydrogen (secondary N) is 1. The van der Waals surface area contributed by atoms with Crippen molar-refractivity contribution < 1.29 is 22.3 Å². The summed E-state index contributed by atoms with van der Waals surface area (Å²) in [5.74, 6) is 3.48. The first-order valence-corrected chi connectivity index (χ1v) is 7.04. The molecule has 0 bridgehead atoms. The zero-order valence-electron chi connectivity index (χ0n) is 13.1. The molecule has 1 unspecified atom stereocenters. The number of nitriles is 1. The van der Waals surface area contributed by atoms with Gasteiger partial charge in [0, 0.05) is 6.20 Å². The summed E-state index contributed by atoms with van der Waals surface area (Å²) < 4.78 is 58.0. The molecule has 0 saturated heterocycles. The molecular weight excluding hydrogens is 340 g/mol. The second-order valence-corrected chi connectivity index (χ2v) is 5.41. The van der Waals surface area contributed by atoms with E-state index < -0.39 is 34.5 Å². The summed E-state index contributed by atoms with van der Waals surface area (Å²) in [5, 5.41) is 9.43. The molecule has 9 heteroatoms. The van der Waals surface area contributed by atoms with Crippen molar-refractivity contribution in [2.45, 2.75) is 18.5 Å². The topological polar surface area (TPSA) is 84.0 Å². The molecule has 1 atom stereocenters. The second kappa shape index (κ2) is 6.94. The van der Waals surface area contributed by atoms with E-state index in [1.54, 1.807) is 0 Å². The molecule has 2 rings (SSSR count). The predicted octanol–water partition coefficient (Wildman–Crippen LogP) is 3.39. The number of anilines is 1. The summed E-state index contributed by atoms with van der Waals surface area (Å²) in [7, 11) is 0. The normalized spacial score (nSPS) is 13.6. The third-order valence-electron chi connectivity index (χ3n) is 3.58. The lowest BCUT2D eigenvalue weighted by atomic mass is 9.85. The molecule has 0 aliphatic rings. The maximum atomic E-state index is 13.2. The smallest absolute Gasteiger partial charge is 0.423 e. The van der Waals surface area contributed by atoms with Crippen molar-refractivity contribution in [2.75, 3.05) is 12.0 Å². The third kappa shape index (κ3) is 3.97. The lowest BCUT2D eigenvalue weighted by Gasteiger charge is -2.24. The van der Waals surface area contributed by atoms with Crippen LogP contribution in [0, 0.1) is 17.1 Å². The van der Waals surface area contributed by atoms with E-state index in [2.05, 4.69) is 4.98 Å². The van der Waals surface area contributed by atoms with Gasteiger partial charge in [-0.2, -0.15) is 18.4 Å². The van der Waals surface area contributed by atoms with E-state index >= 15 is 0 Å². The number of nitrogens with two attached hydrogens (primary N) is 1. The molecule has 0 amide bonds. The molecule has 0 radical (unpaired) electrons. The summed E-state index contributed by atoms with van der Waals surface area (Å²) in [6, 6.07) is 8.11. The van der Waals surface area contributed by atoms with Gasteiger partial charge in [0.05, 0.1) is 6.07 Å². The Balaban J connectivity index is 2.34. The number of hydrazine groups is 1. The highest BCUT2D eigenvalue weighted by Gasteiger charge is 2.39. The lowest BCUT2D eigenvalue weighted by molar-refractivity contribution is -0.138. The van der Waals surface area contributed by atoms with Crippen LogP contribution in [0.1, 0.15) is 18.1 Å². The van der Waals surface area contributed by atoms with Crippen molar-refractivity contribution in [2.24, 2.45) is 5.84 Å². The van der Waals surface area contributed by atoms with E-state index in [-0.39, 0.29) is 6.61 Å². The summed E-state index contributed by atoms with van der Waals surface area (Å²) in [4.78, 5) is 3.51. The predicted molar refractivity (Wildman–Crippen MR) is 81.9 cm³/mol. The van der Waals surface area contributed by atoms with Crippen LogP contribution in [0.15, 0.2) is 36.5 Å². The molecule has 2 aromatic rings. The van der Waals surface area contributed by atoms with Crippen molar-refractivity contribution in [3.8, 4) is 11.8 Å². The van der Waals surface area contributed by atoms with E-state index in [1.807, 2.05) is 11.5 Å². The van der Waals surface area contributed by atoms with Crippen LogP contribution >= 0.6 is 0 Å². The molecule has 0 aliphatic carbocycles. The zero-order chi connectivity index (χ0) is 18.7. The summed E-state index contributed by atoms with van der Waals surface area (Å²) in [6.45, 7) is 1.10. The molecule has 1 aromatic carbocycles. The van der Waals surface area contributed by atoms with Gasteiger partial charge in [0.15, 0.2) is 5.82 Å². The van der Waals surface area contributed by atoms with Crippen LogP contribution in [0.5, 0.6) is 5.75 Å². The third-order valence-corrected chi connectivity index (χ3v) is 3.58. The Morgan fingerprint density at radius 1 is 1.24 bits per heavy atom. The molecule has 0 saturated carbocycles. The highest BCUT2D eigenvalue weighted by molar-refractivity contribution is 5.53. The number of rotatable bonds is 5. The number of aromatic nitrogens is 1. The van der Waals surface area contributed by atoms with E-state index in [0.717, 1.165) is 24.4 Å². The number of alkyl halides is 3. The molecule has 0 fully saturated rings. The van der Waals surface area contributed by atoms with Crippen LogP contribution in [-0.2, 0) is 11.6 Å². The lowest BCUT2D eigenvalue weighted by Crippen LogP contribution is -2.29. The van der Waals surface area contributed by atoms with Gasteiger partial charge in [-0.25, -0.2) is 15.2 Å². The number of benzene rings is 1. The van der Waals surface area contributed by atoms with Gasteiger partial charge < -0.3 is 10.2 Å². The SMILES string of the molecule is CC(C#N)(COc1ccnc(NN)c1C(F)(F)F)c1ccc(F)cc1. The van der Waals surface area contributed by atoms with E-state index in [0.29, 0.717) is 5.56 Å². The number of hydrogen-bond donors (Lipinski definition) is 2. The first-order chi connectivity index (χ1) is 11.7. The molecule has 25 heavy (non-hydrogen) atoms. The molecule has 0 spiro atoms. The second-order valence-electron chi connectivity index (χ2n) is 5.41.